The Morgan fingerprint density at radius 3 is 2.48 bits per heavy atom. The van der Waals surface area contributed by atoms with Crippen LogP contribution in [-0.4, -0.2) is 36.7 Å². The van der Waals surface area contributed by atoms with E-state index in [-0.39, 0.29) is 4.90 Å². The van der Waals surface area contributed by atoms with E-state index >= 15 is 0 Å². The van der Waals surface area contributed by atoms with Crippen molar-refractivity contribution in [1.29, 1.82) is 0 Å². The summed E-state index contributed by atoms with van der Waals surface area (Å²) in [6, 6.07) is 12.9. The maximum atomic E-state index is 12.6. The summed E-state index contributed by atoms with van der Waals surface area (Å²) in [5, 5.41) is 4.63. The fraction of sp³-hybridized carbons (Fsp3) is 0.273. The molecule has 2 heterocycles. The number of rotatable bonds is 7. The zero-order valence-corrected chi connectivity index (χ0v) is 19.5. The number of thiazole rings is 1. The Labute approximate surface area is 185 Å². The number of sulfonamides is 1. The molecular formula is C22H24N4O3S2. The van der Waals surface area contributed by atoms with Crippen LogP contribution in [0.2, 0.25) is 0 Å². The number of methoxy groups -OCH3 is 1. The third-order valence-corrected chi connectivity index (χ3v) is 7.80. The van der Waals surface area contributed by atoms with Gasteiger partial charge in [0.1, 0.15) is 5.75 Å². The average molecular weight is 457 g/mol. The molecule has 0 fully saturated rings. The minimum absolute atomic E-state index is 0.230. The number of hydrogen-bond donors (Lipinski definition) is 1. The van der Waals surface area contributed by atoms with Gasteiger partial charge in [-0.25, -0.2) is 17.7 Å². The van der Waals surface area contributed by atoms with Crippen LogP contribution in [-0.2, 0) is 16.4 Å². The summed E-state index contributed by atoms with van der Waals surface area (Å²) in [5.41, 5.74) is 3.92. The first kappa shape index (κ1) is 21.5. The molecule has 7 nitrogen and oxygen atoms in total. The van der Waals surface area contributed by atoms with Crippen molar-refractivity contribution >= 4 is 26.3 Å². The summed E-state index contributed by atoms with van der Waals surface area (Å²) in [6.45, 7) is 6.14. The zero-order valence-electron chi connectivity index (χ0n) is 17.8. The van der Waals surface area contributed by atoms with Gasteiger partial charge in [-0.3, -0.25) is 0 Å². The maximum Gasteiger partial charge on any atom is 0.240 e. The second-order valence-corrected chi connectivity index (χ2v) is 10.2. The third kappa shape index (κ3) is 4.34. The first-order valence-electron chi connectivity index (χ1n) is 9.85. The van der Waals surface area contributed by atoms with Crippen LogP contribution in [0.1, 0.15) is 21.7 Å². The van der Waals surface area contributed by atoms with Crippen molar-refractivity contribution in [3.05, 3.63) is 64.2 Å². The summed E-state index contributed by atoms with van der Waals surface area (Å²) in [6.07, 6.45) is 0.565. The number of aryl methyl sites for hydroxylation is 3. The van der Waals surface area contributed by atoms with E-state index in [0.29, 0.717) is 24.5 Å². The van der Waals surface area contributed by atoms with Gasteiger partial charge in [-0.05, 0) is 51.0 Å². The van der Waals surface area contributed by atoms with Gasteiger partial charge in [0.05, 0.1) is 17.7 Å². The molecule has 0 aliphatic heterocycles. The SMILES string of the molecule is COc1ccc(S(=O)(=O)NCCc2sc3nc(-c4ccc(C)cc4)nn3c2C)cc1C. The molecule has 0 amide bonds. The molecule has 2 aromatic heterocycles. The first-order valence-corrected chi connectivity index (χ1v) is 12.1. The van der Waals surface area contributed by atoms with Crippen LogP contribution in [0.3, 0.4) is 0 Å². The normalized spacial score (nSPS) is 11.9. The quantitative estimate of drug-likeness (QED) is 0.456. The van der Waals surface area contributed by atoms with E-state index in [1.807, 2.05) is 49.6 Å². The molecule has 9 heteroatoms. The largest absolute Gasteiger partial charge is 0.496 e. The smallest absolute Gasteiger partial charge is 0.240 e. The van der Waals surface area contributed by atoms with Crippen LogP contribution in [0.25, 0.3) is 16.3 Å². The minimum Gasteiger partial charge on any atom is -0.496 e. The van der Waals surface area contributed by atoms with E-state index in [2.05, 4.69) is 14.8 Å². The molecule has 0 saturated carbocycles. The number of hydrogen-bond acceptors (Lipinski definition) is 6. The monoisotopic (exact) mass is 456 g/mol. The molecular weight excluding hydrogens is 432 g/mol. The van der Waals surface area contributed by atoms with Gasteiger partial charge in [-0.1, -0.05) is 41.2 Å². The minimum atomic E-state index is -3.59. The average Bonchev–Trinajstić information content (AvgIpc) is 3.28. The van der Waals surface area contributed by atoms with E-state index < -0.39 is 10.0 Å². The maximum absolute atomic E-state index is 12.6. The molecule has 0 saturated heterocycles. The summed E-state index contributed by atoms with van der Waals surface area (Å²) in [5.74, 6) is 1.35. The number of nitrogens with one attached hydrogen (secondary N) is 1. The second-order valence-electron chi connectivity index (χ2n) is 7.39. The summed E-state index contributed by atoms with van der Waals surface area (Å²) >= 11 is 1.53. The van der Waals surface area contributed by atoms with Crippen LogP contribution >= 0.6 is 11.3 Å². The molecule has 0 bridgehead atoms. The third-order valence-electron chi connectivity index (χ3n) is 5.14. The molecule has 31 heavy (non-hydrogen) atoms. The van der Waals surface area contributed by atoms with Gasteiger partial charge >= 0.3 is 0 Å². The first-order chi connectivity index (χ1) is 14.8. The summed E-state index contributed by atoms with van der Waals surface area (Å²) in [7, 11) is -2.03. The van der Waals surface area contributed by atoms with Crippen molar-refractivity contribution in [2.45, 2.75) is 32.1 Å². The lowest BCUT2D eigenvalue weighted by atomic mass is 10.1. The number of fused-ring (bicyclic) bond motifs is 1. The topological polar surface area (TPSA) is 85.6 Å². The number of benzene rings is 2. The van der Waals surface area contributed by atoms with Gasteiger partial charge < -0.3 is 4.74 Å². The Kier molecular flexibility index (Phi) is 5.83. The Balaban J connectivity index is 1.46. The molecule has 0 radical (unpaired) electrons. The highest BCUT2D eigenvalue weighted by atomic mass is 32.2. The molecule has 4 aromatic rings. The molecule has 0 atom stereocenters. The predicted octanol–water partition coefficient (Wildman–Crippen LogP) is 3.91. The Hall–Kier alpha value is -2.75. The highest BCUT2D eigenvalue weighted by molar-refractivity contribution is 7.89. The Morgan fingerprint density at radius 1 is 1.10 bits per heavy atom. The molecule has 1 N–H and O–H groups in total. The molecule has 0 aliphatic rings. The lowest BCUT2D eigenvalue weighted by Gasteiger charge is -2.09. The number of ether oxygens (including phenoxy) is 1. The second kappa shape index (κ2) is 8.41. The standard InChI is InChI=1S/C22H24N4O3S2/c1-14-5-7-17(8-6-14)21-24-22-26(25-21)16(3)20(30-22)11-12-23-31(27,28)18-9-10-19(29-4)15(2)13-18/h5-10,13,23H,11-12H2,1-4H3. The van der Waals surface area contributed by atoms with Crippen molar-refractivity contribution in [1.82, 2.24) is 19.3 Å². The van der Waals surface area contributed by atoms with Crippen molar-refractivity contribution < 1.29 is 13.2 Å². The Morgan fingerprint density at radius 2 is 1.84 bits per heavy atom. The fourth-order valence-corrected chi connectivity index (χ4v) is 5.51. The van der Waals surface area contributed by atoms with Crippen molar-refractivity contribution in [2.24, 2.45) is 0 Å². The van der Waals surface area contributed by atoms with E-state index in [0.717, 1.165) is 26.7 Å². The van der Waals surface area contributed by atoms with E-state index in [1.165, 1.54) is 16.9 Å². The lowest BCUT2D eigenvalue weighted by molar-refractivity contribution is 0.411. The Bertz CT molecular complexity index is 1340. The van der Waals surface area contributed by atoms with Gasteiger partial charge in [-0.15, -0.1) is 5.10 Å². The molecule has 4 rings (SSSR count). The molecule has 0 unspecified atom stereocenters. The van der Waals surface area contributed by atoms with E-state index in [1.54, 1.807) is 25.3 Å². The van der Waals surface area contributed by atoms with Gasteiger partial charge in [0.2, 0.25) is 15.0 Å². The van der Waals surface area contributed by atoms with Gasteiger partial charge in [0.15, 0.2) is 5.82 Å². The highest BCUT2D eigenvalue weighted by Crippen LogP contribution is 2.26. The van der Waals surface area contributed by atoms with Gasteiger partial charge in [0.25, 0.3) is 0 Å². The van der Waals surface area contributed by atoms with Crippen molar-refractivity contribution in [2.75, 3.05) is 13.7 Å². The van der Waals surface area contributed by atoms with Crippen LogP contribution in [0.5, 0.6) is 5.75 Å². The van der Waals surface area contributed by atoms with E-state index in [4.69, 9.17) is 4.74 Å². The van der Waals surface area contributed by atoms with Crippen molar-refractivity contribution in [3.8, 4) is 17.1 Å². The summed E-state index contributed by atoms with van der Waals surface area (Å²) in [4.78, 5) is 6.73. The fourth-order valence-electron chi connectivity index (χ4n) is 3.34. The van der Waals surface area contributed by atoms with Gasteiger partial charge in [-0.2, -0.15) is 4.98 Å². The number of nitrogens with zero attached hydrogens (tertiary/aromatic N) is 3. The van der Waals surface area contributed by atoms with Crippen LogP contribution in [0, 0.1) is 20.8 Å². The highest BCUT2D eigenvalue weighted by Gasteiger charge is 2.17. The van der Waals surface area contributed by atoms with Crippen molar-refractivity contribution in [3.63, 3.8) is 0 Å². The van der Waals surface area contributed by atoms with Gasteiger partial charge in [0, 0.05) is 17.0 Å². The molecule has 0 spiro atoms. The predicted molar refractivity (Wildman–Crippen MR) is 122 cm³/mol. The molecule has 0 aliphatic carbocycles. The zero-order chi connectivity index (χ0) is 22.2. The van der Waals surface area contributed by atoms with Crippen LogP contribution in [0.4, 0.5) is 0 Å². The van der Waals surface area contributed by atoms with E-state index in [9.17, 15) is 8.42 Å². The lowest BCUT2D eigenvalue weighted by Crippen LogP contribution is -2.26. The molecule has 2 aromatic carbocycles. The van der Waals surface area contributed by atoms with Crippen LogP contribution in [0.15, 0.2) is 47.4 Å². The summed E-state index contributed by atoms with van der Waals surface area (Å²) < 4.78 is 35.0. The number of aromatic nitrogens is 3. The van der Waals surface area contributed by atoms with Crippen LogP contribution < -0.4 is 9.46 Å². The molecule has 162 valence electrons.